The zero-order valence-electron chi connectivity index (χ0n) is 9.13. The zero-order chi connectivity index (χ0) is 12.8. The molecule has 1 atom stereocenters. The van der Waals surface area contributed by atoms with Crippen LogP contribution in [-0.4, -0.2) is 12.1 Å². The minimum atomic E-state index is -0.405. The Labute approximate surface area is 112 Å². The van der Waals surface area contributed by atoms with E-state index in [0.717, 1.165) is 0 Å². The quantitative estimate of drug-likeness (QED) is 0.826. The molecule has 17 heavy (non-hydrogen) atoms. The summed E-state index contributed by atoms with van der Waals surface area (Å²) >= 11 is 1.93. The molecule has 0 aliphatic rings. The number of hydrogen-bond acceptors (Lipinski definition) is 2. The molecular weight excluding hydrogens is 336 g/mol. The van der Waals surface area contributed by atoms with Crippen LogP contribution in [0, 0.1) is 20.7 Å². The number of carbonyl (C=O) groups is 1. The van der Waals surface area contributed by atoms with Crippen molar-refractivity contribution in [1.29, 1.82) is 5.26 Å². The molecule has 0 spiro atoms. The third kappa shape index (κ3) is 4.56. The van der Waals surface area contributed by atoms with Crippen LogP contribution in [0.1, 0.15) is 13.3 Å². The van der Waals surface area contributed by atoms with Crippen LogP contribution in [0.15, 0.2) is 18.2 Å². The topological polar surface area (TPSA) is 64.9 Å². The van der Waals surface area contributed by atoms with Gasteiger partial charge >= 0.3 is 6.03 Å². The Balaban J connectivity index is 2.60. The molecule has 1 rings (SSSR count). The van der Waals surface area contributed by atoms with Gasteiger partial charge in [-0.25, -0.2) is 9.18 Å². The van der Waals surface area contributed by atoms with E-state index in [-0.39, 0.29) is 18.3 Å². The second kappa shape index (κ2) is 6.39. The number of urea groups is 1. The van der Waals surface area contributed by atoms with Gasteiger partial charge in [-0.1, -0.05) is 0 Å². The number of amides is 2. The lowest BCUT2D eigenvalue weighted by atomic mass is 10.2. The van der Waals surface area contributed by atoms with E-state index in [2.05, 4.69) is 10.6 Å². The Morgan fingerprint density at radius 3 is 2.94 bits per heavy atom. The van der Waals surface area contributed by atoms with Crippen molar-refractivity contribution in [2.75, 3.05) is 5.32 Å². The number of halogens is 2. The molecule has 1 aromatic carbocycles. The number of nitrogens with zero attached hydrogens (tertiary/aromatic N) is 1. The third-order valence-electron chi connectivity index (χ3n) is 1.95. The van der Waals surface area contributed by atoms with Gasteiger partial charge in [-0.15, -0.1) is 0 Å². The minimum absolute atomic E-state index is 0.224. The van der Waals surface area contributed by atoms with Gasteiger partial charge in [-0.3, -0.25) is 0 Å². The second-order valence-corrected chi connectivity index (χ2v) is 4.65. The van der Waals surface area contributed by atoms with Crippen molar-refractivity contribution in [2.45, 2.75) is 19.4 Å². The van der Waals surface area contributed by atoms with E-state index in [4.69, 9.17) is 5.26 Å². The highest BCUT2D eigenvalue weighted by Crippen LogP contribution is 2.18. The first-order chi connectivity index (χ1) is 8.02. The summed E-state index contributed by atoms with van der Waals surface area (Å²) in [6, 6.07) is 5.43. The molecule has 0 radical (unpaired) electrons. The maximum Gasteiger partial charge on any atom is 0.319 e. The van der Waals surface area contributed by atoms with Crippen LogP contribution in [0.4, 0.5) is 14.9 Å². The first-order valence-corrected chi connectivity index (χ1v) is 6.00. The molecule has 0 saturated heterocycles. The normalized spacial score (nSPS) is 11.4. The monoisotopic (exact) mass is 347 g/mol. The maximum absolute atomic E-state index is 12.8. The predicted molar refractivity (Wildman–Crippen MR) is 71.0 cm³/mol. The molecule has 0 heterocycles. The highest BCUT2D eigenvalue weighted by Gasteiger charge is 2.08. The van der Waals surface area contributed by atoms with Crippen LogP contribution in [0.5, 0.6) is 0 Å². The largest absolute Gasteiger partial charge is 0.334 e. The van der Waals surface area contributed by atoms with Crippen molar-refractivity contribution in [3.63, 3.8) is 0 Å². The lowest BCUT2D eigenvalue weighted by Gasteiger charge is -2.12. The number of nitrogens with one attached hydrogen (secondary N) is 2. The van der Waals surface area contributed by atoms with Crippen LogP contribution >= 0.6 is 22.6 Å². The van der Waals surface area contributed by atoms with Crippen LogP contribution in [0.3, 0.4) is 0 Å². The molecule has 0 fully saturated rings. The summed E-state index contributed by atoms with van der Waals surface area (Å²) in [7, 11) is 0. The summed E-state index contributed by atoms with van der Waals surface area (Å²) in [5, 5.41) is 13.6. The summed E-state index contributed by atoms with van der Waals surface area (Å²) < 4.78 is 13.4. The molecule has 0 aliphatic heterocycles. The Bertz CT molecular complexity index is 459. The Morgan fingerprint density at radius 2 is 2.35 bits per heavy atom. The van der Waals surface area contributed by atoms with Crippen molar-refractivity contribution in [1.82, 2.24) is 5.32 Å². The predicted octanol–water partition coefficient (Wildman–Crippen LogP) is 2.85. The van der Waals surface area contributed by atoms with Crippen molar-refractivity contribution in [3.8, 4) is 6.07 Å². The average Bonchev–Trinajstić information content (AvgIpc) is 2.22. The van der Waals surface area contributed by atoms with E-state index in [1.165, 1.54) is 18.2 Å². The van der Waals surface area contributed by atoms with Crippen molar-refractivity contribution < 1.29 is 9.18 Å². The molecule has 0 unspecified atom stereocenters. The number of benzene rings is 1. The maximum atomic E-state index is 12.8. The van der Waals surface area contributed by atoms with Gasteiger partial charge in [-0.2, -0.15) is 5.26 Å². The number of rotatable bonds is 3. The standard InChI is InChI=1S/C11H11FIN3O/c1-7(4-5-14)15-11(17)16-10-3-2-8(12)6-9(10)13/h2-3,6-7H,4H2,1H3,(H2,15,16,17)/t7-/m0/s1. The van der Waals surface area contributed by atoms with E-state index in [0.29, 0.717) is 9.26 Å². The molecule has 90 valence electrons. The first-order valence-electron chi connectivity index (χ1n) is 4.92. The van der Waals surface area contributed by atoms with Gasteiger partial charge in [0.25, 0.3) is 0 Å². The lowest BCUT2D eigenvalue weighted by molar-refractivity contribution is 0.249. The third-order valence-corrected chi connectivity index (χ3v) is 2.85. The molecule has 1 aromatic rings. The van der Waals surface area contributed by atoms with Gasteiger partial charge in [0.05, 0.1) is 18.2 Å². The molecule has 0 aromatic heterocycles. The van der Waals surface area contributed by atoms with Crippen LogP contribution in [0.25, 0.3) is 0 Å². The van der Waals surface area contributed by atoms with E-state index < -0.39 is 6.03 Å². The molecule has 0 aliphatic carbocycles. The van der Waals surface area contributed by atoms with E-state index in [1.807, 2.05) is 28.7 Å². The van der Waals surface area contributed by atoms with Crippen molar-refractivity contribution in [2.24, 2.45) is 0 Å². The van der Waals surface area contributed by atoms with Gasteiger partial charge in [0, 0.05) is 9.61 Å². The molecule has 6 heteroatoms. The summed E-state index contributed by atoms with van der Waals surface area (Å²) in [4.78, 5) is 11.5. The van der Waals surface area contributed by atoms with Crippen molar-refractivity contribution >= 4 is 34.3 Å². The highest BCUT2D eigenvalue weighted by atomic mass is 127. The fraction of sp³-hybridized carbons (Fsp3) is 0.273. The van der Waals surface area contributed by atoms with E-state index >= 15 is 0 Å². The smallest absolute Gasteiger partial charge is 0.319 e. The minimum Gasteiger partial charge on any atom is -0.334 e. The Kier molecular flexibility index (Phi) is 5.15. The molecule has 4 nitrogen and oxygen atoms in total. The van der Waals surface area contributed by atoms with Gasteiger partial charge in [0.1, 0.15) is 5.82 Å². The van der Waals surface area contributed by atoms with Crippen LogP contribution in [0.2, 0.25) is 0 Å². The summed E-state index contributed by atoms with van der Waals surface area (Å²) in [6.45, 7) is 1.73. The van der Waals surface area contributed by atoms with Gasteiger partial charge in [0.2, 0.25) is 0 Å². The molecule has 2 N–H and O–H groups in total. The molecule has 0 bridgehead atoms. The van der Waals surface area contributed by atoms with Crippen molar-refractivity contribution in [3.05, 3.63) is 27.6 Å². The van der Waals surface area contributed by atoms with Gasteiger partial charge in [0.15, 0.2) is 0 Å². The fourth-order valence-electron chi connectivity index (χ4n) is 1.16. The molecule has 2 amide bonds. The average molecular weight is 347 g/mol. The van der Waals surface area contributed by atoms with Gasteiger partial charge in [-0.05, 0) is 47.7 Å². The number of anilines is 1. The summed E-state index contributed by atoms with van der Waals surface area (Å²) in [5.74, 6) is -0.349. The number of hydrogen-bond donors (Lipinski definition) is 2. The highest BCUT2D eigenvalue weighted by molar-refractivity contribution is 14.1. The first kappa shape index (κ1) is 13.7. The fourth-order valence-corrected chi connectivity index (χ4v) is 1.77. The SMILES string of the molecule is C[C@@H](CC#N)NC(=O)Nc1ccc(F)cc1I. The Morgan fingerprint density at radius 1 is 1.65 bits per heavy atom. The summed E-state index contributed by atoms with van der Waals surface area (Å²) in [6.07, 6.45) is 0.244. The number of carbonyl (C=O) groups excluding carboxylic acids is 1. The molecular formula is C11H11FIN3O. The second-order valence-electron chi connectivity index (χ2n) is 3.49. The number of nitriles is 1. The van der Waals surface area contributed by atoms with E-state index in [9.17, 15) is 9.18 Å². The molecule has 0 saturated carbocycles. The summed E-state index contributed by atoms with van der Waals surface area (Å²) in [5.41, 5.74) is 0.536. The Hall–Kier alpha value is -1.36. The lowest BCUT2D eigenvalue weighted by Crippen LogP contribution is -2.36. The van der Waals surface area contributed by atoms with Crippen LogP contribution < -0.4 is 10.6 Å². The van der Waals surface area contributed by atoms with Crippen LogP contribution in [-0.2, 0) is 0 Å². The van der Waals surface area contributed by atoms with E-state index in [1.54, 1.807) is 6.92 Å². The van der Waals surface area contributed by atoms with Gasteiger partial charge < -0.3 is 10.6 Å². The zero-order valence-corrected chi connectivity index (χ0v) is 11.3.